The number of aryl methyl sites for hydroxylation is 1. The van der Waals surface area contributed by atoms with Gasteiger partial charge in [0.1, 0.15) is 5.82 Å². The molecule has 0 aliphatic rings. The molecule has 0 aromatic heterocycles. The van der Waals surface area contributed by atoms with Gasteiger partial charge in [0.2, 0.25) is 0 Å². The monoisotopic (exact) mass is 233 g/mol. The molecular weight excluding hydrogens is 219 g/mol. The molecule has 0 spiro atoms. The van der Waals surface area contributed by atoms with Crippen LogP contribution in [0.3, 0.4) is 0 Å². The van der Waals surface area contributed by atoms with Crippen molar-refractivity contribution in [2.45, 2.75) is 32.4 Å². The van der Waals surface area contributed by atoms with Gasteiger partial charge in [-0.1, -0.05) is 6.07 Å². The highest BCUT2D eigenvalue weighted by atomic mass is 19.3. The Labute approximate surface area is 91.9 Å². The quantitative estimate of drug-likeness (QED) is 0.842. The van der Waals surface area contributed by atoms with Crippen LogP contribution >= 0.6 is 0 Å². The van der Waals surface area contributed by atoms with Crippen molar-refractivity contribution in [3.05, 3.63) is 34.6 Å². The third kappa shape index (κ3) is 2.54. The molecule has 2 unspecified atom stereocenters. The van der Waals surface area contributed by atoms with E-state index in [9.17, 15) is 18.3 Å². The van der Waals surface area contributed by atoms with Crippen LogP contribution in [0.2, 0.25) is 0 Å². The Morgan fingerprint density at radius 3 is 2.25 bits per heavy atom. The molecule has 0 fully saturated rings. The van der Waals surface area contributed by atoms with Gasteiger partial charge >= 0.3 is 0 Å². The van der Waals surface area contributed by atoms with Gasteiger partial charge in [-0.3, -0.25) is 0 Å². The van der Waals surface area contributed by atoms with Crippen LogP contribution in [-0.4, -0.2) is 11.1 Å². The van der Waals surface area contributed by atoms with Crippen LogP contribution in [0.25, 0.3) is 0 Å². The van der Waals surface area contributed by atoms with Crippen LogP contribution in [0, 0.1) is 12.7 Å². The van der Waals surface area contributed by atoms with Crippen molar-refractivity contribution in [3.63, 3.8) is 0 Å². The van der Waals surface area contributed by atoms with Crippen molar-refractivity contribution in [2.24, 2.45) is 5.73 Å². The fraction of sp³-hybridized carbons (Fsp3) is 0.455. The molecule has 0 amide bonds. The van der Waals surface area contributed by atoms with Crippen molar-refractivity contribution >= 4 is 0 Å². The third-order valence-corrected chi connectivity index (χ3v) is 2.42. The summed E-state index contributed by atoms with van der Waals surface area (Å²) < 4.78 is 38.3. The SMILES string of the molecule is Cc1cc(C(O)C(C)N)cc(F)c1C(F)F. The molecule has 0 bridgehead atoms. The fourth-order valence-electron chi connectivity index (χ4n) is 1.53. The Hall–Kier alpha value is -1.07. The minimum atomic E-state index is -2.86. The first kappa shape index (κ1) is 13.0. The normalized spacial score (nSPS) is 15.2. The van der Waals surface area contributed by atoms with E-state index in [0.29, 0.717) is 0 Å². The zero-order valence-corrected chi connectivity index (χ0v) is 9.05. The average Bonchev–Trinajstić information content (AvgIpc) is 2.14. The molecule has 0 aliphatic carbocycles. The number of hydrogen-bond donors (Lipinski definition) is 2. The number of benzene rings is 1. The standard InChI is InChI=1S/C11H14F3NO/c1-5-3-7(10(16)6(2)15)4-8(12)9(5)11(13)14/h3-4,6,10-11,16H,15H2,1-2H3. The molecule has 0 saturated carbocycles. The van der Waals surface area contributed by atoms with Gasteiger partial charge in [-0.05, 0) is 31.0 Å². The maximum atomic E-state index is 13.4. The maximum Gasteiger partial charge on any atom is 0.266 e. The second-order valence-corrected chi connectivity index (χ2v) is 3.84. The molecule has 1 rings (SSSR count). The molecule has 5 heteroatoms. The van der Waals surface area contributed by atoms with Crippen LogP contribution < -0.4 is 5.73 Å². The molecule has 2 nitrogen and oxygen atoms in total. The molecule has 0 radical (unpaired) electrons. The first-order valence-electron chi connectivity index (χ1n) is 4.86. The summed E-state index contributed by atoms with van der Waals surface area (Å²) in [5, 5.41) is 9.60. The van der Waals surface area contributed by atoms with Crippen LogP contribution in [0.4, 0.5) is 13.2 Å². The molecule has 16 heavy (non-hydrogen) atoms. The van der Waals surface area contributed by atoms with Gasteiger partial charge in [-0.25, -0.2) is 13.2 Å². The maximum absolute atomic E-state index is 13.4. The summed E-state index contributed by atoms with van der Waals surface area (Å²) in [5.41, 5.74) is 5.15. The minimum Gasteiger partial charge on any atom is -0.387 e. The first-order chi connectivity index (χ1) is 7.34. The van der Waals surface area contributed by atoms with E-state index in [1.54, 1.807) is 6.92 Å². The molecule has 0 saturated heterocycles. The van der Waals surface area contributed by atoms with Crippen molar-refractivity contribution < 1.29 is 18.3 Å². The van der Waals surface area contributed by atoms with Crippen LogP contribution in [0.5, 0.6) is 0 Å². The molecule has 0 heterocycles. The van der Waals surface area contributed by atoms with E-state index in [4.69, 9.17) is 5.73 Å². The smallest absolute Gasteiger partial charge is 0.266 e. The van der Waals surface area contributed by atoms with Gasteiger partial charge in [0, 0.05) is 6.04 Å². The first-order valence-corrected chi connectivity index (χ1v) is 4.86. The molecule has 3 N–H and O–H groups in total. The second-order valence-electron chi connectivity index (χ2n) is 3.84. The summed E-state index contributed by atoms with van der Waals surface area (Å²) >= 11 is 0. The lowest BCUT2D eigenvalue weighted by Crippen LogP contribution is -2.24. The van der Waals surface area contributed by atoms with Crippen molar-refractivity contribution in [3.8, 4) is 0 Å². The minimum absolute atomic E-state index is 0.115. The third-order valence-electron chi connectivity index (χ3n) is 2.42. The van der Waals surface area contributed by atoms with E-state index in [-0.39, 0.29) is 11.1 Å². The zero-order valence-electron chi connectivity index (χ0n) is 9.05. The number of rotatable bonds is 3. The Balaban J connectivity index is 3.19. The van der Waals surface area contributed by atoms with Gasteiger partial charge in [-0.15, -0.1) is 0 Å². The predicted molar refractivity (Wildman–Crippen MR) is 54.7 cm³/mol. The highest BCUT2D eigenvalue weighted by molar-refractivity contribution is 5.34. The van der Waals surface area contributed by atoms with E-state index in [1.165, 1.54) is 13.0 Å². The van der Waals surface area contributed by atoms with Gasteiger partial charge in [0.15, 0.2) is 0 Å². The van der Waals surface area contributed by atoms with Crippen LogP contribution in [0.15, 0.2) is 12.1 Å². The highest BCUT2D eigenvalue weighted by Gasteiger charge is 2.20. The van der Waals surface area contributed by atoms with Gasteiger partial charge in [0.05, 0.1) is 11.7 Å². The Morgan fingerprint density at radius 2 is 1.88 bits per heavy atom. The number of aliphatic hydroxyl groups excluding tert-OH is 1. The molecular formula is C11H14F3NO. The summed E-state index contributed by atoms with van der Waals surface area (Å²) in [5.74, 6) is -1.01. The molecule has 2 atom stereocenters. The van der Waals surface area contributed by atoms with Crippen LogP contribution in [0.1, 0.15) is 36.1 Å². The molecule has 1 aromatic carbocycles. The van der Waals surface area contributed by atoms with Crippen molar-refractivity contribution in [2.75, 3.05) is 0 Å². The Kier molecular flexibility index (Phi) is 3.93. The summed E-state index contributed by atoms with van der Waals surface area (Å²) in [4.78, 5) is 0. The molecule has 90 valence electrons. The summed E-state index contributed by atoms with van der Waals surface area (Å²) in [7, 11) is 0. The van der Waals surface area contributed by atoms with E-state index in [0.717, 1.165) is 6.07 Å². The molecule has 0 aliphatic heterocycles. The summed E-state index contributed by atoms with van der Waals surface area (Å²) in [6.07, 6.45) is -3.92. The zero-order chi connectivity index (χ0) is 12.5. The summed E-state index contributed by atoms with van der Waals surface area (Å²) in [6.45, 7) is 2.93. The fourth-order valence-corrected chi connectivity index (χ4v) is 1.53. The van der Waals surface area contributed by atoms with Crippen molar-refractivity contribution in [1.82, 2.24) is 0 Å². The highest BCUT2D eigenvalue weighted by Crippen LogP contribution is 2.29. The number of aliphatic hydroxyl groups is 1. The summed E-state index contributed by atoms with van der Waals surface area (Å²) in [6, 6.07) is 1.65. The van der Waals surface area contributed by atoms with Gasteiger partial charge in [0.25, 0.3) is 6.43 Å². The van der Waals surface area contributed by atoms with Gasteiger partial charge in [-0.2, -0.15) is 0 Å². The number of halogens is 3. The van der Waals surface area contributed by atoms with E-state index < -0.39 is 30.0 Å². The van der Waals surface area contributed by atoms with Crippen LogP contribution in [-0.2, 0) is 0 Å². The lowest BCUT2D eigenvalue weighted by atomic mass is 9.98. The number of nitrogens with two attached hydrogens (primary N) is 1. The number of alkyl halides is 2. The Morgan fingerprint density at radius 1 is 1.31 bits per heavy atom. The van der Waals surface area contributed by atoms with E-state index in [1.807, 2.05) is 0 Å². The largest absolute Gasteiger partial charge is 0.387 e. The predicted octanol–water partition coefficient (Wildman–Crippen LogP) is 2.45. The lowest BCUT2D eigenvalue weighted by molar-refractivity contribution is 0.142. The molecule has 1 aromatic rings. The number of hydrogen-bond acceptors (Lipinski definition) is 2. The topological polar surface area (TPSA) is 46.2 Å². The van der Waals surface area contributed by atoms with Crippen molar-refractivity contribution in [1.29, 1.82) is 0 Å². The van der Waals surface area contributed by atoms with Gasteiger partial charge < -0.3 is 10.8 Å². The van der Waals surface area contributed by atoms with E-state index in [2.05, 4.69) is 0 Å². The second kappa shape index (κ2) is 4.84. The Bertz CT molecular complexity index is 356. The average molecular weight is 233 g/mol. The van der Waals surface area contributed by atoms with E-state index >= 15 is 0 Å². The lowest BCUT2D eigenvalue weighted by Gasteiger charge is -2.17.